The Morgan fingerprint density at radius 3 is 2.62 bits per heavy atom. The van der Waals surface area contributed by atoms with Crippen LogP contribution in [0.15, 0.2) is 45.3 Å². The lowest BCUT2D eigenvalue weighted by Crippen LogP contribution is -1.96. The molecule has 8 heteroatoms. The van der Waals surface area contributed by atoms with Crippen LogP contribution in [0.1, 0.15) is 15.9 Å². The SMILES string of the molecule is Cc1ccc(Cl)c2oc(-c3nc(-c4ccc(C(=O)O)cc4Cl)no3)cc12. The van der Waals surface area contributed by atoms with E-state index >= 15 is 0 Å². The molecule has 0 aliphatic heterocycles. The standard InChI is InChI=1S/C18H10Cl2N2O4/c1-8-2-5-12(19)15-11(8)7-14(25-15)17-21-16(22-26-17)10-4-3-9(18(23)24)6-13(10)20/h2-7H,1H3,(H,23,24). The monoisotopic (exact) mass is 388 g/mol. The summed E-state index contributed by atoms with van der Waals surface area (Å²) in [7, 11) is 0. The minimum absolute atomic E-state index is 0.0740. The van der Waals surface area contributed by atoms with E-state index in [1.165, 1.54) is 18.2 Å². The highest BCUT2D eigenvalue weighted by molar-refractivity contribution is 6.35. The summed E-state index contributed by atoms with van der Waals surface area (Å²) >= 11 is 12.3. The molecular formula is C18H10Cl2N2O4. The normalized spacial score (nSPS) is 11.2. The zero-order valence-electron chi connectivity index (χ0n) is 13.3. The number of aromatic carboxylic acids is 1. The summed E-state index contributed by atoms with van der Waals surface area (Å²) in [5.74, 6) is -0.287. The van der Waals surface area contributed by atoms with Crippen LogP contribution in [-0.4, -0.2) is 21.2 Å². The lowest BCUT2D eigenvalue weighted by atomic mass is 10.1. The number of benzene rings is 2. The molecular weight excluding hydrogens is 379 g/mol. The van der Waals surface area contributed by atoms with Gasteiger partial charge in [0.25, 0.3) is 5.89 Å². The molecule has 0 atom stereocenters. The van der Waals surface area contributed by atoms with E-state index in [1.54, 1.807) is 12.1 Å². The molecule has 2 aromatic heterocycles. The molecule has 0 aliphatic rings. The van der Waals surface area contributed by atoms with Gasteiger partial charge in [-0.05, 0) is 42.8 Å². The van der Waals surface area contributed by atoms with E-state index in [0.717, 1.165) is 10.9 Å². The Hall–Kier alpha value is -2.83. The van der Waals surface area contributed by atoms with Gasteiger partial charge >= 0.3 is 5.97 Å². The Morgan fingerprint density at radius 1 is 1.12 bits per heavy atom. The van der Waals surface area contributed by atoms with E-state index in [0.29, 0.717) is 21.9 Å². The molecule has 4 rings (SSSR count). The van der Waals surface area contributed by atoms with Crippen molar-refractivity contribution in [1.82, 2.24) is 10.1 Å². The number of furan rings is 1. The molecule has 0 unspecified atom stereocenters. The maximum Gasteiger partial charge on any atom is 0.335 e. The predicted molar refractivity (Wildman–Crippen MR) is 96.7 cm³/mol. The lowest BCUT2D eigenvalue weighted by molar-refractivity contribution is 0.0697. The van der Waals surface area contributed by atoms with Gasteiger partial charge in [0.05, 0.1) is 15.6 Å². The summed E-state index contributed by atoms with van der Waals surface area (Å²) in [5, 5.41) is 14.5. The highest BCUT2D eigenvalue weighted by Gasteiger charge is 2.19. The molecule has 4 aromatic rings. The van der Waals surface area contributed by atoms with Gasteiger partial charge in [-0.25, -0.2) is 4.79 Å². The van der Waals surface area contributed by atoms with Crippen molar-refractivity contribution in [3.63, 3.8) is 0 Å². The number of aromatic nitrogens is 2. The summed E-state index contributed by atoms with van der Waals surface area (Å²) in [6.45, 7) is 1.95. The van der Waals surface area contributed by atoms with Crippen molar-refractivity contribution in [2.75, 3.05) is 0 Å². The minimum atomic E-state index is -1.07. The number of carboxylic acid groups (broad SMARTS) is 1. The molecule has 0 saturated carbocycles. The summed E-state index contributed by atoms with van der Waals surface area (Å²) in [6, 6.07) is 9.72. The zero-order chi connectivity index (χ0) is 18.4. The number of fused-ring (bicyclic) bond motifs is 1. The van der Waals surface area contributed by atoms with Crippen molar-refractivity contribution < 1.29 is 18.8 Å². The van der Waals surface area contributed by atoms with Gasteiger partial charge in [-0.2, -0.15) is 4.98 Å². The van der Waals surface area contributed by atoms with Crippen LogP contribution >= 0.6 is 23.2 Å². The number of halogens is 2. The van der Waals surface area contributed by atoms with E-state index in [4.69, 9.17) is 37.2 Å². The molecule has 2 aromatic carbocycles. The molecule has 0 aliphatic carbocycles. The molecule has 0 amide bonds. The van der Waals surface area contributed by atoms with Crippen LogP contribution in [0.5, 0.6) is 0 Å². The van der Waals surface area contributed by atoms with Gasteiger partial charge in [-0.3, -0.25) is 0 Å². The second-order valence-corrected chi connectivity index (χ2v) is 6.46. The van der Waals surface area contributed by atoms with Gasteiger partial charge in [0.2, 0.25) is 5.82 Å². The Kier molecular flexibility index (Phi) is 3.94. The average Bonchev–Trinajstić information content (AvgIpc) is 3.25. The predicted octanol–water partition coefficient (Wildman–Crippen LogP) is 5.46. The third kappa shape index (κ3) is 2.73. The third-order valence-electron chi connectivity index (χ3n) is 3.95. The summed E-state index contributed by atoms with van der Waals surface area (Å²) in [4.78, 5) is 15.3. The fraction of sp³-hybridized carbons (Fsp3) is 0.0556. The second-order valence-electron chi connectivity index (χ2n) is 5.64. The smallest absolute Gasteiger partial charge is 0.335 e. The Labute approximate surface area is 156 Å². The van der Waals surface area contributed by atoms with E-state index < -0.39 is 5.97 Å². The van der Waals surface area contributed by atoms with Gasteiger partial charge < -0.3 is 14.0 Å². The number of hydrogen-bond acceptors (Lipinski definition) is 5. The summed E-state index contributed by atoms with van der Waals surface area (Å²) in [6.07, 6.45) is 0. The van der Waals surface area contributed by atoms with Crippen LogP contribution in [0, 0.1) is 6.92 Å². The zero-order valence-corrected chi connectivity index (χ0v) is 14.8. The molecule has 0 fully saturated rings. The van der Waals surface area contributed by atoms with Crippen molar-refractivity contribution in [3.8, 4) is 23.0 Å². The minimum Gasteiger partial charge on any atom is -0.478 e. The van der Waals surface area contributed by atoms with Crippen LogP contribution in [0.25, 0.3) is 34.0 Å². The number of hydrogen-bond donors (Lipinski definition) is 1. The van der Waals surface area contributed by atoms with Gasteiger partial charge in [-0.1, -0.05) is 34.4 Å². The molecule has 0 saturated heterocycles. The largest absolute Gasteiger partial charge is 0.478 e. The van der Waals surface area contributed by atoms with Gasteiger partial charge in [0, 0.05) is 10.9 Å². The maximum absolute atomic E-state index is 11.0. The van der Waals surface area contributed by atoms with Gasteiger partial charge in [-0.15, -0.1) is 0 Å². The molecule has 26 heavy (non-hydrogen) atoms. The maximum atomic E-state index is 11.0. The lowest BCUT2D eigenvalue weighted by Gasteiger charge is -2.00. The van der Waals surface area contributed by atoms with Crippen molar-refractivity contribution in [3.05, 3.63) is 57.6 Å². The number of aryl methyl sites for hydroxylation is 1. The molecule has 0 spiro atoms. The highest BCUT2D eigenvalue weighted by atomic mass is 35.5. The highest BCUT2D eigenvalue weighted by Crippen LogP contribution is 2.34. The van der Waals surface area contributed by atoms with Crippen molar-refractivity contribution in [1.29, 1.82) is 0 Å². The van der Waals surface area contributed by atoms with Crippen molar-refractivity contribution in [2.24, 2.45) is 0 Å². The van der Waals surface area contributed by atoms with Crippen LogP contribution in [0.4, 0.5) is 0 Å². The summed E-state index contributed by atoms with van der Waals surface area (Å²) in [5.41, 5.74) is 2.08. The third-order valence-corrected chi connectivity index (χ3v) is 4.56. The van der Waals surface area contributed by atoms with Crippen molar-refractivity contribution in [2.45, 2.75) is 6.92 Å². The van der Waals surface area contributed by atoms with Crippen LogP contribution in [-0.2, 0) is 0 Å². The molecule has 2 heterocycles. The Balaban J connectivity index is 1.76. The fourth-order valence-corrected chi connectivity index (χ4v) is 3.06. The summed E-state index contributed by atoms with van der Waals surface area (Å²) < 4.78 is 11.0. The first kappa shape index (κ1) is 16.6. The van der Waals surface area contributed by atoms with Crippen molar-refractivity contribution >= 4 is 40.1 Å². The first-order valence-electron chi connectivity index (χ1n) is 7.50. The number of carbonyl (C=O) groups is 1. The van der Waals surface area contributed by atoms with Crippen LogP contribution in [0.2, 0.25) is 10.0 Å². The number of nitrogens with zero attached hydrogens (tertiary/aromatic N) is 2. The molecule has 0 radical (unpaired) electrons. The van der Waals surface area contributed by atoms with E-state index in [9.17, 15) is 4.79 Å². The fourth-order valence-electron chi connectivity index (χ4n) is 2.59. The number of carboxylic acids is 1. The quantitative estimate of drug-likeness (QED) is 0.500. The molecule has 1 N–H and O–H groups in total. The van der Waals surface area contributed by atoms with Gasteiger partial charge in [0.15, 0.2) is 11.3 Å². The topological polar surface area (TPSA) is 89.4 Å². The molecule has 6 nitrogen and oxygen atoms in total. The first-order chi connectivity index (χ1) is 12.4. The van der Waals surface area contributed by atoms with E-state index in [2.05, 4.69) is 10.1 Å². The molecule has 130 valence electrons. The van der Waals surface area contributed by atoms with Gasteiger partial charge in [0.1, 0.15) is 0 Å². The number of rotatable bonds is 3. The van der Waals surface area contributed by atoms with Crippen LogP contribution < -0.4 is 0 Å². The Bertz CT molecular complexity index is 1120. The second kappa shape index (κ2) is 6.16. The van der Waals surface area contributed by atoms with E-state index in [1.807, 2.05) is 13.0 Å². The van der Waals surface area contributed by atoms with Crippen LogP contribution in [0.3, 0.4) is 0 Å². The van der Waals surface area contributed by atoms with E-state index in [-0.39, 0.29) is 22.3 Å². The molecule has 0 bridgehead atoms. The first-order valence-corrected chi connectivity index (χ1v) is 8.25. The Morgan fingerprint density at radius 2 is 1.92 bits per heavy atom. The average molecular weight is 389 g/mol.